The summed E-state index contributed by atoms with van der Waals surface area (Å²) >= 11 is 17.6. The van der Waals surface area contributed by atoms with Gasteiger partial charge in [0.05, 0.1) is 16.7 Å². The molecule has 1 aromatic carbocycles. The third kappa shape index (κ3) is 5.47. The van der Waals surface area contributed by atoms with Gasteiger partial charge in [-0.1, -0.05) is 54.6 Å². The summed E-state index contributed by atoms with van der Waals surface area (Å²) in [4.78, 5) is 11.4. The highest BCUT2D eigenvalue weighted by atomic mass is 35.5. The van der Waals surface area contributed by atoms with E-state index in [2.05, 4.69) is 6.92 Å². The first-order valence-corrected chi connectivity index (χ1v) is 7.11. The highest BCUT2D eigenvalue weighted by Crippen LogP contribution is 2.36. The van der Waals surface area contributed by atoms with Crippen molar-refractivity contribution in [2.45, 2.75) is 26.2 Å². The molecule has 19 heavy (non-hydrogen) atoms. The Morgan fingerprint density at radius 1 is 1.16 bits per heavy atom. The molecule has 0 amide bonds. The van der Waals surface area contributed by atoms with Gasteiger partial charge >= 0.3 is 5.97 Å². The Bertz CT molecular complexity index is 435. The van der Waals surface area contributed by atoms with Crippen molar-refractivity contribution in [1.29, 1.82) is 0 Å². The van der Waals surface area contributed by atoms with Gasteiger partial charge in [0.1, 0.15) is 10.8 Å². The van der Waals surface area contributed by atoms with Gasteiger partial charge in [-0.25, -0.2) is 4.79 Å². The zero-order valence-corrected chi connectivity index (χ0v) is 12.8. The van der Waals surface area contributed by atoms with E-state index in [-0.39, 0.29) is 16.7 Å². The van der Waals surface area contributed by atoms with Crippen molar-refractivity contribution in [3.63, 3.8) is 0 Å². The Balaban J connectivity index is 2.40. The Hall–Kier alpha value is -0.640. The Kier molecular flexibility index (Phi) is 7.36. The SMILES string of the molecule is CCCCCOC(=O)COc1ccc(Cl)c(Cl)c1Cl. The zero-order chi connectivity index (χ0) is 14.3. The number of ether oxygens (including phenoxy) is 2. The van der Waals surface area contributed by atoms with Gasteiger partial charge in [-0.2, -0.15) is 0 Å². The second-order valence-corrected chi connectivity index (χ2v) is 5.05. The Labute approximate surface area is 127 Å². The molecule has 1 aromatic rings. The second-order valence-electron chi connectivity index (χ2n) is 3.89. The van der Waals surface area contributed by atoms with Crippen LogP contribution in [-0.4, -0.2) is 19.2 Å². The minimum Gasteiger partial charge on any atom is -0.480 e. The fourth-order valence-electron chi connectivity index (χ4n) is 1.34. The van der Waals surface area contributed by atoms with E-state index < -0.39 is 5.97 Å². The maximum atomic E-state index is 11.4. The topological polar surface area (TPSA) is 35.5 Å². The van der Waals surface area contributed by atoms with Crippen LogP contribution in [0.5, 0.6) is 5.75 Å². The highest BCUT2D eigenvalue weighted by Gasteiger charge is 2.11. The van der Waals surface area contributed by atoms with E-state index in [0.29, 0.717) is 17.4 Å². The first-order valence-electron chi connectivity index (χ1n) is 5.98. The van der Waals surface area contributed by atoms with Crippen LogP contribution in [-0.2, 0) is 9.53 Å². The molecule has 3 nitrogen and oxygen atoms in total. The fraction of sp³-hybridized carbons (Fsp3) is 0.462. The molecule has 0 atom stereocenters. The number of carbonyl (C=O) groups is 1. The van der Waals surface area contributed by atoms with E-state index >= 15 is 0 Å². The summed E-state index contributed by atoms with van der Waals surface area (Å²) in [6.07, 6.45) is 2.97. The monoisotopic (exact) mass is 324 g/mol. The van der Waals surface area contributed by atoms with Crippen LogP contribution in [0.3, 0.4) is 0 Å². The van der Waals surface area contributed by atoms with Crippen LogP contribution in [0.1, 0.15) is 26.2 Å². The normalized spacial score (nSPS) is 10.3. The average Bonchev–Trinajstić information content (AvgIpc) is 2.40. The summed E-state index contributed by atoms with van der Waals surface area (Å²) in [5.41, 5.74) is 0. The van der Waals surface area contributed by atoms with Crippen molar-refractivity contribution in [1.82, 2.24) is 0 Å². The number of rotatable bonds is 7. The van der Waals surface area contributed by atoms with Gasteiger partial charge in [-0.3, -0.25) is 0 Å². The van der Waals surface area contributed by atoms with Crippen molar-refractivity contribution >= 4 is 40.8 Å². The predicted octanol–water partition coefficient (Wildman–Crippen LogP) is 4.76. The second kappa shape index (κ2) is 8.51. The lowest BCUT2D eigenvalue weighted by Gasteiger charge is -2.09. The lowest BCUT2D eigenvalue weighted by molar-refractivity contribution is -0.146. The molecule has 0 saturated carbocycles. The lowest BCUT2D eigenvalue weighted by atomic mass is 10.3. The molecule has 0 aliphatic heterocycles. The van der Waals surface area contributed by atoms with E-state index in [1.165, 1.54) is 0 Å². The molecule has 0 spiro atoms. The van der Waals surface area contributed by atoms with Crippen molar-refractivity contribution in [3.8, 4) is 5.75 Å². The molecule has 0 fully saturated rings. The van der Waals surface area contributed by atoms with Gasteiger partial charge < -0.3 is 9.47 Å². The van der Waals surface area contributed by atoms with Gasteiger partial charge in [0.25, 0.3) is 0 Å². The molecule has 0 bridgehead atoms. The van der Waals surface area contributed by atoms with E-state index in [0.717, 1.165) is 19.3 Å². The molecular formula is C13H15Cl3O3. The molecule has 0 N–H and O–H groups in total. The molecule has 6 heteroatoms. The number of halogens is 3. The standard InChI is InChI=1S/C13H15Cl3O3/c1-2-3-4-7-18-11(17)8-19-10-6-5-9(14)12(15)13(10)16/h5-6H,2-4,7-8H2,1H3. The van der Waals surface area contributed by atoms with Crippen LogP contribution < -0.4 is 4.74 Å². The molecule has 0 radical (unpaired) electrons. The van der Waals surface area contributed by atoms with Crippen molar-refractivity contribution in [2.75, 3.05) is 13.2 Å². The maximum Gasteiger partial charge on any atom is 0.344 e. The minimum atomic E-state index is -0.432. The molecular weight excluding hydrogens is 310 g/mol. The highest BCUT2D eigenvalue weighted by molar-refractivity contribution is 6.48. The van der Waals surface area contributed by atoms with E-state index in [9.17, 15) is 4.79 Å². The van der Waals surface area contributed by atoms with Crippen LogP contribution in [0, 0.1) is 0 Å². The van der Waals surface area contributed by atoms with Gasteiger partial charge in [0, 0.05) is 0 Å². The van der Waals surface area contributed by atoms with Crippen LogP contribution in [0.2, 0.25) is 15.1 Å². The van der Waals surface area contributed by atoms with E-state index in [1.54, 1.807) is 12.1 Å². The summed E-state index contributed by atoms with van der Waals surface area (Å²) < 4.78 is 10.2. The van der Waals surface area contributed by atoms with Crippen molar-refractivity contribution in [2.24, 2.45) is 0 Å². The van der Waals surface area contributed by atoms with E-state index in [1.807, 2.05) is 0 Å². The number of benzene rings is 1. The van der Waals surface area contributed by atoms with Crippen molar-refractivity contribution < 1.29 is 14.3 Å². The number of unbranched alkanes of at least 4 members (excludes halogenated alkanes) is 2. The first kappa shape index (κ1) is 16.4. The molecule has 106 valence electrons. The quantitative estimate of drug-likeness (QED) is 0.412. The van der Waals surface area contributed by atoms with Crippen LogP contribution in [0.4, 0.5) is 0 Å². The zero-order valence-electron chi connectivity index (χ0n) is 10.5. The van der Waals surface area contributed by atoms with Crippen LogP contribution in [0.15, 0.2) is 12.1 Å². The summed E-state index contributed by atoms with van der Waals surface area (Å²) in [7, 11) is 0. The van der Waals surface area contributed by atoms with Gasteiger partial charge in [-0.15, -0.1) is 0 Å². The first-order chi connectivity index (χ1) is 9.06. The molecule has 0 unspecified atom stereocenters. The molecule has 0 aromatic heterocycles. The lowest BCUT2D eigenvalue weighted by Crippen LogP contribution is -2.15. The predicted molar refractivity (Wildman–Crippen MR) is 77.5 cm³/mol. The van der Waals surface area contributed by atoms with Gasteiger partial charge in [0.2, 0.25) is 0 Å². The van der Waals surface area contributed by atoms with Crippen LogP contribution >= 0.6 is 34.8 Å². The van der Waals surface area contributed by atoms with Gasteiger partial charge in [-0.05, 0) is 18.6 Å². The van der Waals surface area contributed by atoms with Gasteiger partial charge in [0.15, 0.2) is 6.61 Å². The summed E-state index contributed by atoms with van der Waals surface area (Å²) in [5, 5.41) is 0.728. The molecule has 0 aliphatic rings. The average molecular weight is 326 g/mol. The smallest absolute Gasteiger partial charge is 0.344 e. The largest absolute Gasteiger partial charge is 0.480 e. The number of hydrogen-bond donors (Lipinski definition) is 0. The van der Waals surface area contributed by atoms with Crippen LogP contribution in [0.25, 0.3) is 0 Å². The summed E-state index contributed by atoms with van der Waals surface area (Å²) in [6.45, 7) is 2.28. The fourth-order valence-corrected chi connectivity index (χ4v) is 1.92. The summed E-state index contributed by atoms with van der Waals surface area (Å²) in [5.74, 6) is -0.125. The molecule has 0 heterocycles. The summed E-state index contributed by atoms with van der Waals surface area (Å²) in [6, 6.07) is 3.11. The number of esters is 1. The molecule has 1 rings (SSSR count). The Morgan fingerprint density at radius 2 is 1.89 bits per heavy atom. The minimum absolute atomic E-state index is 0.188. The third-order valence-corrected chi connectivity index (χ3v) is 3.63. The molecule has 0 saturated heterocycles. The Morgan fingerprint density at radius 3 is 2.58 bits per heavy atom. The third-order valence-electron chi connectivity index (χ3n) is 2.36. The molecule has 0 aliphatic carbocycles. The van der Waals surface area contributed by atoms with E-state index in [4.69, 9.17) is 44.3 Å². The maximum absolute atomic E-state index is 11.4. The van der Waals surface area contributed by atoms with Crippen molar-refractivity contribution in [3.05, 3.63) is 27.2 Å². The number of hydrogen-bond acceptors (Lipinski definition) is 3. The number of carbonyl (C=O) groups excluding carboxylic acids is 1.